The Balaban J connectivity index is 2.03. The zero-order valence-electron chi connectivity index (χ0n) is 11.2. The van der Waals surface area contributed by atoms with E-state index >= 15 is 0 Å². The van der Waals surface area contributed by atoms with Gasteiger partial charge in [-0.3, -0.25) is 14.3 Å². The molecule has 2 fully saturated rings. The van der Waals surface area contributed by atoms with Gasteiger partial charge in [0.1, 0.15) is 5.92 Å². The van der Waals surface area contributed by atoms with Gasteiger partial charge in [-0.15, -0.1) is 0 Å². The molecule has 0 spiro atoms. The van der Waals surface area contributed by atoms with Gasteiger partial charge in [0.25, 0.3) is 0 Å². The minimum Gasteiger partial charge on any atom is -0.390 e. The normalized spacial score (nSPS) is 28.8. The molecule has 2 unspecified atom stereocenters. The first kappa shape index (κ1) is 15.2. The van der Waals surface area contributed by atoms with Gasteiger partial charge in [0.15, 0.2) is 0 Å². The maximum Gasteiger partial charge on any atom is 0.248 e. The number of amides is 2. The highest BCUT2D eigenvalue weighted by atomic mass is 32.2. The molecular formula is C12H20N2O5S. The number of carbonyl (C=O) groups excluding carboxylic acids is 2. The molecule has 1 aliphatic carbocycles. The fourth-order valence-corrected chi connectivity index (χ4v) is 4.27. The summed E-state index contributed by atoms with van der Waals surface area (Å²) in [6.45, 7) is -0.0274. The topological polar surface area (TPSA) is 113 Å². The smallest absolute Gasteiger partial charge is 0.248 e. The molecular weight excluding hydrogens is 284 g/mol. The lowest BCUT2D eigenvalue weighted by Gasteiger charge is -2.18. The Morgan fingerprint density at radius 3 is 2.30 bits per heavy atom. The van der Waals surface area contributed by atoms with E-state index in [9.17, 15) is 23.1 Å². The number of carbonyl (C=O) groups is 2. The second-order valence-corrected chi connectivity index (χ2v) is 7.38. The van der Waals surface area contributed by atoms with Crippen molar-refractivity contribution in [2.45, 2.75) is 49.9 Å². The van der Waals surface area contributed by atoms with Crippen LogP contribution < -0.4 is 10.0 Å². The van der Waals surface area contributed by atoms with Crippen LogP contribution in [0.4, 0.5) is 0 Å². The van der Waals surface area contributed by atoms with E-state index in [1.165, 1.54) is 0 Å². The molecule has 114 valence electrons. The number of aliphatic hydroxyl groups is 1. The molecule has 2 aliphatic rings. The zero-order valence-corrected chi connectivity index (χ0v) is 12.0. The summed E-state index contributed by atoms with van der Waals surface area (Å²) in [6.07, 6.45) is 3.54. The van der Waals surface area contributed by atoms with Crippen molar-refractivity contribution in [1.82, 2.24) is 10.0 Å². The highest BCUT2D eigenvalue weighted by Crippen LogP contribution is 2.23. The van der Waals surface area contributed by atoms with E-state index in [4.69, 9.17) is 0 Å². The minimum absolute atomic E-state index is 0.0274. The number of rotatable bonds is 3. The minimum atomic E-state index is -3.78. The van der Waals surface area contributed by atoms with Gasteiger partial charge in [-0.1, -0.05) is 25.7 Å². The van der Waals surface area contributed by atoms with E-state index in [-0.39, 0.29) is 6.54 Å². The molecule has 7 nitrogen and oxygen atoms in total. The molecule has 1 heterocycles. The molecule has 0 aromatic heterocycles. The average Bonchev–Trinajstić information content (AvgIpc) is 2.58. The molecule has 2 atom stereocenters. The molecule has 1 aliphatic heterocycles. The largest absolute Gasteiger partial charge is 0.390 e. The van der Waals surface area contributed by atoms with Crippen molar-refractivity contribution in [2.24, 2.45) is 5.92 Å². The second kappa shape index (κ2) is 6.09. The Labute approximate surface area is 118 Å². The lowest BCUT2D eigenvalue weighted by Crippen LogP contribution is -2.45. The van der Waals surface area contributed by atoms with Crippen molar-refractivity contribution in [1.29, 1.82) is 0 Å². The van der Waals surface area contributed by atoms with Crippen LogP contribution in [0, 0.1) is 5.92 Å². The van der Waals surface area contributed by atoms with Gasteiger partial charge in [-0.05, 0) is 12.8 Å². The maximum atomic E-state index is 12.2. The zero-order chi connectivity index (χ0) is 14.8. The summed E-state index contributed by atoms with van der Waals surface area (Å²) in [7, 11) is -3.78. The van der Waals surface area contributed by atoms with Gasteiger partial charge in [0.2, 0.25) is 21.8 Å². The summed E-state index contributed by atoms with van der Waals surface area (Å²) in [5.41, 5.74) is 0. The van der Waals surface area contributed by atoms with Crippen LogP contribution in [0.3, 0.4) is 0 Å². The predicted molar refractivity (Wildman–Crippen MR) is 71.1 cm³/mol. The van der Waals surface area contributed by atoms with Crippen LogP contribution in [-0.2, 0) is 19.6 Å². The molecule has 20 heavy (non-hydrogen) atoms. The summed E-state index contributed by atoms with van der Waals surface area (Å²) >= 11 is 0. The summed E-state index contributed by atoms with van der Waals surface area (Å²) in [6, 6.07) is 0. The molecule has 0 aromatic rings. The molecule has 0 radical (unpaired) electrons. The molecule has 2 rings (SSSR count). The summed E-state index contributed by atoms with van der Waals surface area (Å²) in [5, 5.41) is 11.3. The van der Waals surface area contributed by atoms with Crippen LogP contribution >= 0.6 is 0 Å². The fourth-order valence-electron chi connectivity index (χ4n) is 2.74. The van der Waals surface area contributed by atoms with Crippen LogP contribution in [0.25, 0.3) is 0 Å². The molecule has 1 saturated carbocycles. The Morgan fingerprint density at radius 1 is 1.20 bits per heavy atom. The number of hydrogen-bond donors (Lipinski definition) is 3. The lowest BCUT2D eigenvalue weighted by atomic mass is 10.1. The Kier molecular flexibility index (Phi) is 4.64. The van der Waals surface area contributed by atoms with Crippen molar-refractivity contribution >= 4 is 21.8 Å². The fraction of sp³-hybridized carbons (Fsp3) is 0.833. The van der Waals surface area contributed by atoms with Crippen molar-refractivity contribution in [3.8, 4) is 0 Å². The van der Waals surface area contributed by atoms with E-state index in [0.717, 1.165) is 25.7 Å². The van der Waals surface area contributed by atoms with Gasteiger partial charge in [0, 0.05) is 6.54 Å². The van der Waals surface area contributed by atoms with Gasteiger partial charge < -0.3 is 10.4 Å². The lowest BCUT2D eigenvalue weighted by molar-refractivity contribution is -0.134. The number of sulfonamides is 1. The first-order valence-corrected chi connectivity index (χ1v) is 8.47. The van der Waals surface area contributed by atoms with E-state index in [2.05, 4.69) is 5.32 Å². The van der Waals surface area contributed by atoms with Crippen molar-refractivity contribution in [3.05, 3.63) is 0 Å². The highest BCUT2D eigenvalue weighted by molar-refractivity contribution is 7.90. The summed E-state index contributed by atoms with van der Waals surface area (Å²) in [5.74, 6) is -2.90. The average molecular weight is 304 g/mol. The van der Waals surface area contributed by atoms with E-state index in [0.29, 0.717) is 12.8 Å². The molecule has 3 N–H and O–H groups in total. The first-order valence-electron chi connectivity index (χ1n) is 6.93. The predicted octanol–water partition coefficient (Wildman–Crippen LogP) is -0.738. The van der Waals surface area contributed by atoms with Crippen LogP contribution in [0.2, 0.25) is 0 Å². The van der Waals surface area contributed by atoms with Crippen molar-refractivity contribution in [3.63, 3.8) is 0 Å². The second-order valence-electron chi connectivity index (χ2n) is 5.42. The molecule has 1 saturated heterocycles. The quantitative estimate of drug-likeness (QED) is 0.470. The Bertz CT molecular complexity index is 482. The van der Waals surface area contributed by atoms with Crippen LogP contribution in [0.1, 0.15) is 38.5 Å². The van der Waals surface area contributed by atoms with Gasteiger partial charge in [-0.25, -0.2) is 8.42 Å². The summed E-state index contributed by atoms with van der Waals surface area (Å²) < 4.78 is 26.3. The van der Waals surface area contributed by atoms with Crippen LogP contribution in [-0.4, -0.2) is 43.2 Å². The third-order valence-electron chi connectivity index (χ3n) is 3.92. The van der Waals surface area contributed by atoms with E-state index < -0.39 is 39.1 Å². The van der Waals surface area contributed by atoms with Crippen molar-refractivity contribution < 1.29 is 23.1 Å². The Morgan fingerprint density at radius 2 is 1.80 bits per heavy atom. The standard InChI is InChI=1S/C12H20N2O5S/c15-9-7-13-11(16)10(9)12(17)14-20(18,19)8-5-3-1-2-4-6-8/h8-10,15H,1-7H2,(H,13,16)(H,14,17). The van der Waals surface area contributed by atoms with E-state index in [1.54, 1.807) is 0 Å². The third-order valence-corrected chi connectivity index (χ3v) is 5.75. The van der Waals surface area contributed by atoms with Gasteiger partial charge in [-0.2, -0.15) is 0 Å². The molecule has 0 aromatic carbocycles. The van der Waals surface area contributed by atoms with Crippen LogP contribution in [0.5, 0.6) is 0 Å². The Hall–Kier alpha value is -1.15. The molecule has 8 heteroatoms. The SMILES string of the molecule is O=C1NCC(O)C1C(=O)NS(=O)(=O)C1CCCCCC1. The number of nitrogens with one attached hydrogen (secondary N) is 2. The number of aliphatic hydroxyl groups excluding tert-OH is 1. The van der Waals surface area contributed by atoms with Crippen LogP contribution in [0.15, 0.2) is 0 Å². The monoisotopic (exact) mass is 304 g/mol. The first-order chi connectivity index (χ1) is 9.42. The molecule has 2 amide bonds. The molecule has 0 bridgehead atoms. The van der Waals surface area contributed by atoms with Gasteiger partial charge in [0.05, 0.1) is 11.4 Å². The summed E-state index contributed by atoms with van der Waals surface area (Å²) in [4.78, 5) is 23.3. The highest BCUT2D eigenvalue weighted by Gasteiger charge is 2.41. The van der Waals surface area contributed by atoms with Crippen molar-refractivity contribution in [2.75, 3.05) is 6.54 Å². The van der Waals surface area contributed by atoms with E-state index in [1.807, 2.05) is 4.72 Å². The van der Waals surface area contributed by atoms with Gasteiger partial charge >= 0.3 is 0 Å². The third kappa shape index (κ3) is 3.29. The number of hydrogen-bond acceptors (Lipinski definition) is 5. The number of β-amino-alcohol motifs (C(OH)–C–C–N with tert-alkyl or cyclic N) is 1. The maximum absolute atomic E-state index is 12.2.